The number of hydrogen-bond donors (Lipinski definition) is 1. The number of rotatable bonds is 5. The van der Waals surface area contributed by atoms with Crippen LogP contribution in [0.5, 0.6) is 0 Å². The predicted octanol–water partition coefficient (Wildman–Crippen LogP) is 5.12. The van der Waals surface area contributed by atoms with Gasteiger partial charge in [-0.05, 0) is 59.8 Å². The van der Waals surface area contributed by atoms with Crippen LogP contribution in [0, 0.1) is 5.21 Å². The van der Waals surface area contributed by atoms with Crippen molar-refractivity contribution in [2.24, 2.45) is 0 Å². The molecule has 1 N–H and O–H groups in total. The van der Waals surface area contributed by atoms with Crippen LogP contribution < -0.4 is 10.6 Å². The number of nitrogens with zero attached hydrogens (tertiary/aromatic N) is 1. The summed E-state index contributed by atoms with van der Waals surface area (Å²) in [7, 11) is 0. The minimum absolute atomic E-state index is 0.170. The molecular formula is C20H23N2O-. The van der Waals surface area contributed by atoms with Crippen LogP contribution in [0.25, 0.3) is 0 Å². The molecule has 0 bridgehead atoms. The third-order valence-corrected chi connectivity index (χ3v) is 5.57. The van der Waals surface area contributed by atoms with Crippen LogP contribution in [0.1, 0.15) is 50.7 Å². The topological polar surface area (TPSA) is 38.3 Å². The fourth-order valence-electron chi connectivity index (χ4n) is 3.35. The van der Waals surface area contributed by atoms with Gasteiger partial charge >= 0.3 is 0 Å². The van der Waals surface area contributed by atoms with Crippen molar-refractivity contribution < 1.29 is 0 Å². The molecule has 2 aliphatic carbocycles. The molecule has 0 amide bonds. The molecule has 23 heavy (non-hydrogen) atoms. The highest BCUT2D eigenvalue weighted by Crippen LogP contribution is 2.52. The average molecular weight is 307 g/mol. The minimum Gasteiger partial charge on any atom is -0.739 e. The van der Waals surface area contributed by atoms with Gasteiger partial charge in [-0.15, -0.1) is 0 Å². The Morgan fingerprint density at radius 1 is 0.826 bits per heavy atom. The van der Waals surface area contributed by atoms with Gasteiger partial charge in [0.2, 0.25) is 0 Å². The van der Waals surface area contributed by atoms with E-state index in [1.807, 2.05) is 30.3 Å². The molecule has 0 atom stereocenters. The molecule has 2 saturated carbocycles. The van der Waals surface area contributed by atoms with E-state index in [1.165, 1.54) is 18.4 Å². The Labute approximate surface area is 137 Å². The Bertz CT molecular complexity index is 732. The van der Waals surface area contributed by atoms with Crippen molar-refractivity contribution in [1.29, 1.82) is 0 Å². The molecule has 2 aromatic rings. The number of hydrogen-bond acceptors (Lipinski definition) is 3. The lowest BCUT2D eigenvalue weighted by atomic mass is 9.96. The molecule has 0 spiro atoms. The van der Waals surface area contributed by atoms with E-state index in [0.29, 0.717) is 0 Å². The molecule has 0 aliphatic heterocycles. The van der Waals surface area contributed by atoms with Gasteiger partial charge in [-0.3, -0.25) is 0 Å². The van der Waals surface area contributed by atoms with E-state index in [-0.39, 0.29) is 10.8 Å². The van der Waals surface area contributed by atoms with E-state index in [2.05, 4.69) is 37.5 Å². The maximum atomic E-state index is 12.8. The van der Waals surface area contributed by atoms with Crippen molar-refractivity contribution in [1.82, 2.24) is 0 Å². The van der Waals surface area contributed by atoms with E-state index in [9.17, 15) is 5.21 Å². The fourth-order valence-corrected chi connectivity index (χ4v) is 3.35. The Kier molecular flexibility index (Phi) is 3.17. The van der Waals surface area contributed by atoms with E-state index in [0.717, 1.165) is 35.0 Å². The van der Waals surface area contributed by atoms with Crippen LogP contribution >= 0.6 is 0 Å². The van der Waals surface area contributed by atoms with E-state index in [1.54, 1.807) is 0 Å². The molecule has 0 heterocycles. The summed E-state index contributed by atoms with van der Waals surface area (Å²) >= 11 is 0. The number of anilines is 2. The van der Waals surface area contributed by atoms with Crippen molar-refractivity contribution >= 4 is 11.4 Å². The van der Waals surface area contributed by atoms with Crippen LogP contribution in [0.4, 0.5) is 11.4 Å². The first-order valence-corrected chi connectivity index (χ1v) is 8.45. The number of hydrazine groups is 1. The molecule has 120 valence electrons. The second kappa shape index (κ2) is 5.00. The second-order valence-electron chi connectivity index (χ2n) is 7.59. The smallest absolute Gasteiger partial charge is 0.0571 e. The third-order valence-electron chi connectivity index (χ3n) is 5.57. The Morgan fingerprint density at radius 3 is 2.00 bits per heavy atom. The van der Waals surface area contributed by atoms with Crippen LogP contribution in [-0.2, 0) is 10.8 Å². The normalized spacial score (nSPS) is 20.0. The first kappa shape index (κ1) is 14.6. The quantitative estimate of drug-likeness (QED) is 0.779. The number of para-hydroxylation sites is 2. The zero-order chi connectivity index (χ0) is 16.1. The lowest BCUT2D eigenvalue weighted by Gasteiger charge is -2.36. The van der Waals surface area contributed by atoms with Gasteiger partial charge in [0.1, 0.15) is 0 Å². The van der Waals surface area contributed by atoms with Gasteiger partial charge in [-0.2, -0.15) is 0 Å². The summed E-state index contributed by atoms with van der Waals surface area (Å²) in [6.07, 6.45) is 4.71. The van der Waals surface area contributed by atoms with Crippen molar-refractivity contribution in [2.75, 3.05) is 10.6 Å². The van der Waals surface area contributed by atoms with Crippen molar-refractivity contribution in [3.63, 3.8) is 0 Å². The lowest BCUT2D eigenvalue weighted by molar-refractivity contribution is 0.780. The second-order valence-corrected chi connectivity index (χ2v) is 7.59. The van der Waals surface area contributed by atoms with Crippen molar-refractivity contribution in [3.8, 4) is 0 Å². The summed E-state index contributed by atoms with van der Waals surface area (Å²) < 4.78 is 0. The molecule has 4 rings (SSSR count). The van der Waals surface area contributed by atoms with Crippen LogP contribution in [-0.4, -0.2) is 0 Å². The zero-order valence-corrected chi connectivity index (χ0v) is 13.8. The summed E-state index contributed by atoms with van der Waals surface area (Å²) in [5.74, 6) is 0. The van der Waals surface area contributed by atoms with Gasteiger partial charge in [0.15, 0.2) is 0 Å². The van der Waals surface area contributed by atoms with Gasteiger partial charge in [0.25, 0.3) is 0 Å². The molecular weight excluding hydrogens is 284 g/mol. The maximum Gasteiger partial charge on any atom is 0.0571 e. The predicted molar refractivity (Wildman–Crippen MR) is 95.5 cm³/mol. The summed E-state index contributed by atoms with van der Waals surface area (Å²) in [4.78, 5) is 0. The molecule has 0 aromatic heterocycles. The van der Waals surface area contributed by atoms with Crippen LogP contribution in [0.2, 0.25) is 0 Å². The van der Waals surface area contributed by atoms with Gasteiger partial charge in [-0.1, -0.05) is 50.2 Å². The molecule has 2 aromatic carbocycles. The fraction of sp³-hybridized carbons (Fsp3) is 0.400. The molecule has 2 fully saturated rings. The van der Waals surface area contributed by atoms with Crippen LogP contribution in [0.15, 0.2) is 48.5 Å². The molecule has 2 aliphatic rings. The largest absolute Gasteiger partial charge is 0.739 e. The summed E-state index contributed by atoms with van der Waals surface area (Å²) in [5, 5.41) is 13.8. The summed E-state index contributed by atoms with van der Waals surface area (Å²) in [6.45, 7) is 4.50. The Morgan fingerprint density at radius 2 is 1.35 bits per heavy atom. The van der Waals surface area contributed by atoms with E-state index in [4.69, 9.17) is 0 Å². The number of benzene rings is 2. The summed E-state index contributed by atoms with van der Waals surface area (Å²) in [5.41, 5.74) is 7.55. The summed E-state index contributed by atoms with van der Waals surface area (Å²) in [6, 6.07) is 16.1. The molecule has 3 heteroatoms. The Hall–Kier alpha value is -2.00. The highest BCUT2D eigenvalue weighted by Gasteiger charge is 2.42. The number of nitrogens with one attached hydrogen (secondary N) is 1. The monoisotopic (exact) mass is 307 g/mol. The highest BCUT2D eigenvalue weighted by molar-refractivity contribution is 5.65. The lowest BCUT2D eigenvalue weighted by Crippen LogP contribution is -2.26. The first-order chi connectivity index (χ1) is 11.0. The van der Waals surface area contributed by atoms with Crippen molar-refractivity contribution in [3.05, 3.63) is 64.9 Å². The molecule has 0 saturated heterocycles. The first-order valence-electron chi connectivity index (χ1n) is 8.45. The Balaban J connectivity index is 1.64. The third kappa shape index (κ3) is 2.59. The van der Waals surface area contributed by atoms with Gasteiger partial charge in [-0.25, -0.2) is 0 Å². The molecule has 0 unspecified atom stereocenters. The van der Waals surface area contributed by atoms with E-state index < -0.39 is 0 Å². The van der Waals surface area contributed by atoms with Crippen LogP contribution in [0.3, 0.4) is 0 Å². The highest BCUT2D eigenvalue weighted by atomic mass is 16.5. The maximum absolute atomic E-state index is 12.8. The van der Waals surface area contributed by atoms with Gasteiger partial charge in [0.05, 0.1) is 5.69 Å². The minimum atomic E-state index is 0.170. The van der Waals surface area contributed by atoms with Gasteiger partial charge < -0.3 is 15.8 Å². The zero-order valence-electron chi connectivity index (χ0n) is 13.8. The van der Waals surface area contributed by atoms with Gasteiger partial charge in [0, 0.05) is 5.69 Å². The van der Waals surface area contributed by atoms with Crippen molar-refractivity contribution in [2.45, 2.75) is 50.4 Å². The standard InChI is InChI=1S/C20H23N2O/c1-19(11-12-19)15-7-3-5-9-17(15)21-22(23)18-10-6-4-8-16(18)20(2)13-14-20/h3-10,21H,11-14H2,1-2H3/q-1. The van der Waals surface area contributed by atoms with E-state index >= 15 is 0 Å². The SMILES string of the molecule is CC1(c2ccccc2NN([O-])c2ccccc2C2(C)CC2)CC1. The molecule has 3 nitrogen and oxygen atoms in total. The molecule has 0 radical (unpaired) electrons. The average Bonchev–Trinajstić information content (AvgIpc) is 3.48.